The molecule has 2 aromatic carbocycles. The Hall–Kier alpha value is -1.99. The van der Waals surface area contributed by atoms with E-state index in [1.54, 1.807) is 0 Å². The van der Waals surface area contributed by atoms with Gasteiger partial charge in [0.2, 0.25) is 0 Å². The zero-order valence-corrected chi connectivity index (χ0v) is 20.3. The second-order valence-electron chi connectivity index (χ2n) is 8.15. The van der Waals surface area contributed by atoms with Crippen LogP contribution in [-0.2, 0) is 14.6 Å². The zero-order valence-electron chi connectivity index (χ0n) is 18.7. The summed E-state index contributed by atoms with van der Waals surface area (Å²) in [6.07, 6.45) is 5.48. The number of hydrogen-bond donors (Lipinski definition) is 0. The molecule has 1 atom stereocenters. The van der Waals surface area contributed by atoms with E-state index in [0.29, 0.717) is 22.7 Å². The first-order valence-electron chi connectivity index (χ1n) is 10.7. The average Bonchev–Trinajstić information content (AvgIpc) is 2.89. The number of methoxy groups -OCH3 is 1. The molecule has 1 heterocycles. The smallest absolute Gasteiger partial charge is 0.339 e. The molecule has 0 N–H and O–H groups in total. The lowest BCUT2D eigenvalue weighted by Crippen LogP contribution is -2.37. The molecular weight excluding hydrogens is 430 g/mol. The van der Waals surface area contributed by atoms with E-state index < -0.39 is 15.8 Å². The molecule has 2 aromatic rings. The highest BCUT2D eigenvalue weighted by Crippen LogP contribution is 2.45. The number of anilines is 2. The molecule has 0 saturated heterocycles. The summed E-state index contributed by atoms with van der Waals surface area (Å²) in [6, 6.07) is 13.3. The van der Waals surface area contributed by atoms with Crippen LogP contribution in [0.4, 0.5) is 11.4 Å². The number of ether oxygens (including phenoxy) is 1. The Balaban J connectivity index is 2.30. The van der Waals surface area contributed by atoms with E-state index >= 15 is 0 Å². The molecule has 0 radical (unpaired) electrons. The molecule has 0 amide bonds. The molecule has 0 fully saturated rings. The first-order valence-corrected chi connectivity index (χ1v) is 13.5. The molecular formula is C24H31NO4S2. The fraction of sp³-hybridized carbons (Fsp3) is 0.458. The third-order valence-corrected chi connectivity index (χ3v) is 8.95. The number of rotatable bonds is 7. The summed E-state index contributed by atoms with van der Waals surface area (Å²) < 4.78 is 32.3. The zero-order chi connectivity index (χ0) is 22.6. The van der Waals surface area contributed by atoms with E-state index in [9.17, 15) is 13.2 Å². The minimum absolute atomic E-state index is 0.0755. The molecule has 1 unspecified atom stereocenters. The number of carbonyl (C=O) groups is 1. The summed E-state index contributed by atoms with van der Waals surface area (Å²) >= 11 is 1.41. The summed E-state index contributed by atoms with van der Waals surface area (Å²) in [5, 5.41) is 0. The molecule has 0 aromatic heterocycles. The Morgan fingerprint density at radius 3 is 2.48 bits per heavy atom. The van der Waals surface area contributed by atoms with Crippen molar-refractivity contribution in [2.45, 2.75) is 49.3 Å². The summed E-state index contributed by atoms with van der Waals surface area (Å²) in [6.45, 7) is 4.83. The molecule has 3 rings (SSSR count). The topological polar surface area (TPSA) is 63.7 Å². The summed E-state index contributed by atoms with van der Waals surface area (Å²) in [4.78, 5) is 15.5. The van der Waals surface area contributed by atoms with Crippen LogP contribution in [0.15, 0.2) is 52.3 Å². The quantitative estimate of drug-likeness (QED) is 0.389. The van der Waals surface area contributed by atoms with Crippen molar-refractivity contribution in [3.8, 4) is 0 Å². The van der Waals surface area contributed by atoms with Crippen molar-refractivity contribution in [3.63, 3.8) is 0 Å². The predicted molar refractivity (Wildman–Crippen MR) is 127 cm³/mol. The Bertz CT molecular complexity index is 1040. The first-order chi connectivity index (χ1) is 14.8. The number of thioether (sulfide) groups is 1. The van der Waals surface area contributed by atoms with Gasteiger partial charge in [0.05, 0.1) is 29.0 Å². The van der Waals surface area contributed by atoms with Crippen molar-refractivity contribution in [1.29, 1.82) is 0 Å². The van der Waals surface area contributed by atoms with Gasteiger partial charge in [-0.15, -0.1) is 11.8 Å². The van der Waals surface area contributed by atoms with Crippen LogP contribution in [0, 0.1) is 5.41 Å². The third kappa shape index (κ3) is 4.77. The number of benzene rings is 2. The SMILES string of the molecule is CCCCC1(CC)CN(c2ccccc2)c2cc(SC)c(C(=O)OC)cc2S(=O)(=O)C1. The van der Waals surface area contributed by atoms with Crippen LogP contribution in [0.25, 0.3) is 0 Å². The largest absolute Gasteiger partial charge is 0.465 e. The maximum Gasteiger partial charge on any atom is 0.339 e. The van der Waals surface area contributed by atoms with Gasteiger partial charge in [0.25, 0.3) is 0 Å². The molecule has 7 heteroatoms. The second kappa shape index (κ2) is 9.65. The minimum Gasteiger partial charge on any atom is -0.465 e. The number of para-hydroxylation sites is 1. The third-order valence-electron chi connectivity index (χ3n) is 6.18. The highest BCUT2D eigenvalue weighted by Gasteiger charge is 2.42. The van der Waals surface area contributed by atoms with Gasteiger partial charge in [-0.1, -0.05) is 44.9 Å². The van der Waals surface area contributed by atoms with E-state index in [4.69, 9.17) is 4.74 Å². The summed E-state index contributed by atoms with van der Waals surface area (Å²) in [7, 11) is -2.30. The molecule has 0 aliphatic carbocycles. The van der Waals surface area contributed by atoms with Gasteiger partial charge < -0.3 is 9.64 Å². The van der Waals surface area contributed by atoms with Gasteiger partial charge in [-0.05, 0) is 43.4 Å². The van der Waals surface area contributed by atoms with Crippen LogP contribution < -0.4 is 4.90 Å². The van der Waals surface area contributed by atoms with Gasteiger partial charge >= 0.3 is 5.97 Å². The van der Waals surface area contributed by atoms with Gasteiger partial charge in [-0.2, -0.15) is 0 Å². The van der Waals surface area contributed by atoms with Crippen LogP contribution in [-0.4, -0.2) is 40.1 Å². The fourth-order valence-electron chi connectivity index (χ4n) is 4.33. The number of unbranched alkanes of at least 4 members (excludes halogenated alkanes) is 1. The van der Waals surface area contributed by atoms with Crippen LogP contribution in [0.3, 0.4) is 0 Å². The Kier molecular flexibility index (Phi) is 7.37. The van der Waals surface area contributed by atoms with Gasteiger partial charge in [0.15, 0.2) is 9.84 Å². The van der Waals surface area contributed by atoms with Crippen molar-refractivity contribution in [3.05, 3.63) is 48.0 Å². The normalized spacial score (nSPS) is 20.1. The highest BCUT2D eigenvalue weighted by molar-refractivity contribution is 7.98. The van der Waals surface area contributed by atoms with Crippen molar-refractivity contribution in [2.75, 3.05) is 30.6 Å². The molecule has 168 valence electrons. The average molecular weight is 462 g/mol. The highest BCUT2D eigenvalue weighted by atomic mass is 32.2. The van der Waals surface area contributed by atoms with E-state index in [1.165, 1.54) is 24.9 Å². The van der Waals surface area contributed by atoms with Crippen molar-refractivity contribution < 1.29 is 17.9 Å². The standard InChI is InChI=1S/C24H31NO4S2/c1-5-7-13-24(6-2)16-25(18-11-9-8-10-12-18)20-15-21(30-4)19(23(26)29-3)14-22(20)31(27,28)17-24/h8-12,14-15H,5-7,13,16-17H2,1-4H3. The lowest BCUT2D eigenvalue weighted by Gasteiger charge is -2.36. The molecule has 0 bridgehead atoms. The van der Waals surface area contributed by atoms with Crippen LogP contribution in [0.1, 0.15) is 49.9 Å². The van der Waals surface area contributed by atoms with Gasteiger partial charge in [-0.3, -0.25) is 0 Å². The van der Waals surface area contributed by atoms with Gasteiger partial charge in [0, 0.05) is 22.5 Å². The minimum atomic E-state index is -3.62. The van der Waals surface area contributed by atoms with Crippen molar-refractivity contribution in [2.24, 2.45) is 5.41 Å². The van der Waals surface area contributed by atoms with Gasteiger partial charge in [-0.25, -0.2) is 13.2 Å². The van der Waals surface area contributed by atoms with E-state index in [1.807, 2.05) is 42.7 Å². The Labute approximate surface area is 190 Å². The first kappa shape index (κ1) is 23.7. The number of esters is 1. The molecule has 1 aliphatic heterocycles. The summed E-state index contributed by atoms with van der Waals surface area (Å²) in [5.74, 6) is -0.447. The number of sulfone groups is 1. The van der Waals surface area contributed by atoms with Crippen molar-refractivity contribution >= 4 is 38.9 Å². The van der Waals surface area contributed by atoms with Crippen molar-refractivity contribution in [1.82, 2.24) is 0 Å². The lowest BCUT2D eigenvalue weighted by atomic mass is 9.81. The Morgan fingerprint density at radius 1 is 1.19 bits per heavy atom. The van der Waals surface area contributed by atoms with E-state index in [2.05, 4.69) is 18.7 Å². The lowest BCUT2D eigenvalue weighted by molar-refractivity contribution is 0.0596. The maximum absolute atomic E-state index is 13.7. The molecule has 0 saturated carbocycles. The van der Waals surface area contributed by atoms with E-state index in [-0.39, 0.29) is 16.1 Å². The number of hydrogen-bond acceptors (Lipinski definition) is 6. The maximum atomic E-state index is 13.7. The number of fused-ring (bicyclic) bond motifs is 1. The van der Waals surface area contributed by atoms with Crippen LogP contribution in [0.5, 0.6) is 0 Å². The van der Waals surface area contributed by atoms with Crippen LogP contribution >= 0.6 is 11.8 Å². The Morgan fingerprint density at radius 2 is 1.90 bits per heavy atom. The monoisotopic (exact) mass is 461 g/mol. The van der Waals surface area contributed by atoms with E-state index in [0.717, 1.165) is 31.4 Å². The molecule has 31 heavy (non-hydrogen) atoms. The fourth-order valence-corrected chi connectivity index (χ4v) is 7.10. The molecule has 1 aliphatic rings. The molecule has 0 spiro atoms. The second-order valence-corrected chi connectivity index (χ2v) is 11.0. The number of carbonyl (C=O) groups excluding carboxylic acids is 1. The summed E-state index contributed by atoms with van der Waals surface area (Å²) in [5.41, 5.74) is 1.51. The van der Waals surface area contributed by atoms with Gasteiger partial charge in [0.1, 0.15) is 0 Å². The molecule has 5 nitrogen and oxygen atoms in total. The predicted octanol–water partition coefficient (Wildman–Crippen LogP) is 5.71. The number of nitrogens with zero attached hydrogens (tertiary/aromatic N) is 1. The van der Waals surface area contributed by atoms with Crippen LogP contribution in [0.2, 0.25) is 0 Å².